The number of alkyl halides is 2. The van der Waals surface area contributed by atoms with Gasteiger partial charge in [-0.1, -0.05) is 0 Å². The lowest BCUT2D eigenvalue weighted by Crippen LogP contribution is -2.13. The van der Waals surface area contributed by atoms with Crippen LogP contribution in [0.2, 0.25) is 0 Å². The van der Waals surface area contributed by atoms with Crippen molar-refractivity contribution in [3.63, 3.8) is 0 Å². The van der Waals surface area contributed by atoms with Crippen LogP contribution in [0.1, 0.15) is 30.0 Å². The van der Waals surface area contributed by atoms with Gasteiger partial charge >= 0.3 is 5.97 Å². The van der Waals surface area contributed by atoms with Gasteiger partial charge in [0.1, 0.15) is 6.07 Å². The van der Waals surface area contributed by atoms with E-state index in [0.717, 1.165) is 6.20 Å². The molecule has 1 aromatic rings. The number of esters is 1. The number of hydrogen-bond acceptors (Lipinski definition) is 4. The average molecular weight is 258 g/mol. The summed E-state index contributed by atoms with van der Waals surface area (Å²) in [5.74, 6) is -2.19. The number of rotatable bonds is 4. The second-order valence-corrected chi connectivity index (χ2v) is 3.25. The lowest BCUT2D eigenvalue weighted by molar-refractivity contribution is -0.142. The molecule has 0 N–H and O–H groups in total. The number of aromatic nitrogens is 1. The Morgan fingerprint density at radius 1 is 1.61 bits per heavy atom. The van der Waals surface area contributed by atoms with E-state index < -0.39 is 30.3 Å². The van der Waals surface area contributed by atoms with Crippen LogP contribution in [0.25, 0.3) is 0 Å². The topological polar surface area (TPSA) is 63.0 Å². The molecule has 0 saturated heterocycles. The van der Waals surface area contributed by atoms with Crippen LogP contribution >= 0.6 is 0 Å². The van der Waals surface area contributed by atoms with Crippen LogP contribution in [0.5, 0.6) is 0 Å². The SMILES string of the molecule is CCOC(=O)Cc1c(C#N)cnc(F)c1C(F)F. The minimum atomic E-state index is -3.16. The first-order chi connectivity index (χ1) is 8.51. The highest BCUT2D eigenvalue weighted by Crippen LogP contribution is 2.27. The van der Waals surface area contributed by atoms with Gasteiger partial charge in [-0.3, -0.25) is 4.79 Å². The monoisotopic (exact) mass is 258 g/mol. The van der Waals surface area contributed by atoms with E-state index in [-0.39, 0.29) is 17.7 Å². The van der Waals surface area contributed by atoms with Crippen LogP contribution in [-0.2, 0) is 16.0 Å². The lowest BCUT2D eigenvalue weighted by Gasteiger charge is -2.10. The van der Waals surface area contributed by atoms with E-state index in [1.807, 2.05) is 0 Å². The highest BCUT2D eigenvalue weighted by molar-refractivity contribution is 5.74. The molecular formula is C11H9F3N2O2. The maximum absolute atomic E-state index is 13.2. The van der Waals surface area contributed by atoms with Gasteiger partial charge in [-0.15, -0.1) is 0 Å². The highest BCUT2D eigenvalue weighted by atomic mass is 19.3. The predicted molar refractivity (Wildman–Crippen MR) is 54.2 cm³/mol. The zero-order valence-electron chi connectivity index (χ0n) is 9.41. The van der Waals surface area contributed by atoms with E-state index in [1.54, 1.807) is 13.0 Å². The molecule has 0 aromatic carbocycles. The summed E-state index contributed by atoms with van der Waals surface area (Å²) in [5, 5.41) is 8.75. The maximum Gasteiger partial charge on any atom is 0.310 e. The molecule has 0 aliphatic rings. The quantitative estimate of drug-likeness (QED) is 0.613. The summed E-state index contributed by atoms with van der Waals surface area (Å²) >= 11 is 0. The molecule has 0 bridgehead atoms. The van der Waals surface area contributed by atoms with Crippen LogP contribution in [0.15, 0.2) is 6.20 Å². The van der Waals surface area contributed by atoms with Gasteiger partial charge in [0.15, 0.2) is 0 Å². The lowest BCUT2D eigenvalue weighted by atomic mass is 10.0. The van der Waals surface area contributed by atoms with Crippen LogP contribution in [0.3, 0.4) is 0 Å². The summed E-state index contributed by atoms with van der Waals surface area (Å²) in [5.41, 5.74) is -1.67. The summed E-state index contributed by atoms with van der Waals surface area (Å²) < 4.78 is 43.2. The van der Waals surface area contributed by atoms with Crippen molar-refractivity contribution in [1.29, 1.82) is 5.26 Å². The fraction of sp³-hybridized carbons (Fsp3) is 0.364. The summed E-state index contributed by atoms with van der Waals surface area (Å²) in [7, 11) is 0. The molecule has 1 heterocycles. The molecule has 0 aliphatic carbocycles. The van der Waals surface area contributed by atoms with Gasteiger partial charge in [0.2, 0.25) is 5.95 Å². The maximum atomic E-state index is 13.2. The molecule has 1 rings (SSSR count). The molecule has 7 heteroatoms. The number of hydrogen-bond donors (Lipinski definition) is 0. The number of pyridine rings is 1. The van der Waals surface area contributed by atoms with Crippen LogP contribution in [0, 0.1) is 17.3 Å². The second-order valence-electron chi connectivity index (χ2n) is 3.25. The third-order valence-corrected chi connectivity index (χ3v) is 2.14. The Morgan fingerprint density at radius 2 is 2.28 bits per heavy atom. The summed E-state index contributed by atoms with van der Waals surface area (Å²) in [6.45, 7) is 1.61. The van der Waals surface area contributed by atoms with Crippen molar-refractivity contribution in [3.05, 3.63) is 28.8 Å². The Labute approximate surface area is 101 Å². The van der Waals surface area contributed by atoms with Crippen molar-refractivity contribution >= 4 is 5.97 Å². The second kappa shape index (κ2) is 6.00. The van der Waals surface area contributed by atoms with Gasteiger partial charge in [-0.25, -0.2) is 13.8 Å². The first-order valence-electron chi connectivity index (χ1n) is 5.02. The number of nitrogens with zero attached hydrogens (tertiary/aromatic N) is 2. The van der Waals surface area contributed by atoms with E-state index in [4.69, 9.17) is 5.26 Å². The summed E-state index contributed by atoms with van der Waals surface area (Å²) in [4.78, 5) is 14.3. The summed E-state index contributed by atoms with van der Waals surface area (Å²) in [6, 6.07) is 1.60. The molecular weight excluding hydrogens is 249 g/mol. The minimum Gasteiger partial charge on any atom is -0.466 e. The molecule has 0 fully saturated rings. The van der Waals surface area contributed by atoms with Crippen LogP contribution in [-0.4, -0.2) is 17.6 Å². The van der Waals surface area contributed by atoms with Gasteiger partial charge in [-0.2, -0.15) is 9.65 Å². The van der Waals surface area contributed by atoms with Gasteiger partial charge in [0.25, 0.3) is 6.43 Å². The van der Waals surface area contributed by atoms with Crippen molar-refractivity contribution in [2.45, 2.75) is 19.8 Å². The Hall–Kier alpha value is -2.10. The molecule has 1 aromatic heterocycles. The Bertz CT molecular complexity index is 498. The zero-order valence-corrected chi connectivity index (χ0v) is 9.41. The largest absolute Gasteiger partial charge is 0.466 e. The van der Waals surface area contributed by atoms with Crippen LogP contribution < -0.4 is 0 Å². The molecule has 0 amide bonds. The van der Waals surface area contributed by atoms with E-state index in [2.05, 4.69) is 9.72 Å². The molecule has 18 heavy (non-hydrogen) atoms. The van der Waals surface area contributed by atoms with Gasteiger partial charge in [-0.05, 0) is 12.5 Å². The van der Waals surface area contributed by atoms with Gasteiger partial charge < -0.3 is 4.74 Å². The van der Waals surface area contributed by atoms with Gasteiger partial charge in [0, 0.05) is 6.20 Å². The predicted octanol–water partition coefficient (Wildman–Crippen LogP) is 2.14. The molecule has 96 valence electrons. The molecule has 0 saturated carbocycles. The number of ether oxygens (including phenoxy) is 1. The molecule has 4 nitrogen and oxygen atoms in total. The number of nitriles is 1. The Kier molecular flexibility index (Phi) is 4.66. The van der Waals surface area contributed by atoms with Crippen molar-refractivity contribution in [3.8, 4) is 6.07 Å². The molecule has 0 unspecified atom stereocenters. The zero-order chi connectivity index (χ0) is 13.7. The van der Waals surface area contributed by atoms with E-state index in [0.29, 0.717) is 0 Å². The third kappa shape index (κ3) is 2.97. The number of carbonyl (C=O) groups excluding carboxylic acids is 1. The first-order valence-corrected chi connectivity index (χ1v) is 5.02. The molecule has 0 spiro atoms. The fourth-order valence-corrected chi connectivity index (χ4v) is 1.40. The standard InChI is InChI=1S/C11H9F3N2O2/c1-2-18-8(17)3-7-6(4-15)5-16-11(14)9(7)10(12)13/h5,10H,2-3H2,1H3. The third-order valence-electron chi connectivity index (χ3n) is 2.14. The Morgan fingerprint density at radius 3 is 2.78 bits per heavy atom. The number of carbonyl (C=O) groups is 1. The average Bonchev–Trinajstić information content (AvgIpc) is 2.29. The van der Waals surface area contributed by atoms with Crippen molar-refractivity contribution in [2.75, 3.05) is 6.61 Å². The normalized spacial score (nSPS) is 10.2. The Balaban J connectivity index is 3.25. The van der Waals surface area contributed by atoms with Crippen molar-refractivity contribution in [2.24, 2.45) is 0 Å². The van der Waals surface area contributed by atoms with Crippen molar-refractivity contribution < 1.29 is 22.7 Å². The highest BCUT2D eigenvalue weighted by Gasteiger charge is 2.24. The van der Waals surface area contributed by atoms with Gasteiger partial charge in [0.05, 0.1) is 24.2 Å². The van der Waals surface area contributed by atoms with E-state index in [1.165, 1.54) is 0 Å². The molecule has 0 aliphatic heterocycles. The fourth-order valence-electron chi connectivity index (χ4n) is 1.40. The first kappa shape index (κ1) is 14.0. The molecule has 0 radical (unpaired) electrons. The minimum absolute atomic E-state index is 0.0678. The van der Waals surface area contributed by atoms with E-state index >= 15 is 0 Å². The number of halogens is 3. The summed E-state index contributed by atoms with van der Waals surface area (Å²) in [6.07, 6.45) is -2.93. The van der Waals surface area contributed by atoms with E-state index in [9.17, 15) is 18.0 Å². The van der Waals surface area contributed by atoms with Crippen molar-refractivity contribution in [1.82, 2.24) is 4.98 Å². The molecule has 0 atom stereocenters. The smallest absolute Gasteiger partial charge is 0.310 e. The van der Waals surface area contributed by atoms with Crippen LogP contribution in [0.4, 0.5) is 13.2 Å².